The van der Waals surface area contributed by atoms with E-state index in [0.717, 1.165) is 12.8 Å². The summed E-state index contributed by atoms with van der Waals surface area (Å²) >= 11 is 0. The van der Waals surface area contributed by atoms with Gasteiger partial charge in [-0.1, -0.05) is 39.0 Å². The highest BCUT2D eigenvalue weighted by Gasteiger charge is 2.27. The first-order chi connectivity index (χ1) is 7.27. The third kappa shape index (κ3) is 10.9. The molecule has 0 radical (unpaired) electrons. The van der Waals surface area contributed by atoms with Crippen LogP contribution in [-0.2, 0) is 8.78 Å². The topological polar surface area (TPSA) is 46.5 Å². The first-order valence-electron chi connectivity index (χ1n) is 6.29. The predicted molar refractivity (Wildman–Crippen MR) is 72.5 cm³/mol. The van der Waals surface area contributed by atoms with Crippen molar-refractivity contribution in [1.82, 2.24) is 0 Å². The highest BCUT2D eigenvalue weighted by Crippen LogP contribution is 2.45. The SMILES string of the molecule is CCCCCCCCP(=O)(O)O[Si](C)(C)C. The molecule has 1 atom stereocenters. The zero-order chi connectivity index (χ0) is 12.7. The largest absolute Gasteiger partial charge is 0.351 e. The molecule has 0 rings (SSSR count). The molecule has 0 aliphatic carbocycles. The van der Waals surface area contributed by atoms with Crippen molar-refractivity contribution in [2.24, 2.45) is 0 Å². The van der Waals surface area contributed by atoms with Crippen LogP contribution in [0.4, 0.5) is 0 Å². The summed E-state index contributed by atoms with van der Waals surface area (Å²) in [5.74, 6) is 0. The van der Waals surface area contributed by atoms with Gasteiger partial charge in [-0.05, 0) is 26.1 Å². The van der Waals surface area contributed by atoms with Gasteiger partial charge in [-0.2, -0.15) is 0 Å². The van der Waals surface area contributed by atoms with Crippen molar-refractivity contribution in [3.63, 3.8) is 0 Å². The van der Waals surface area contributed by atoms with Crippen molar-refractivity contribution in [2.45, 2.75) is 65.1 Å². The molecule has 5 heteroatoms. The quantitative estimate of drug-likeness (QED) is 0.382. The van der Waals surface area contributed by atoms with E-state index in [1.807, 2.05) is 19.6 Å². The summed E-state index contributed by atoms with van der Waals surface area (Å²) in [6.45, 7) is 8.01. The number of rotatable bonds is 9. The van der Waals surface area contributed by atoms with Crippen LogP contribution in [0.2, 0.25) is 19.6 Å². The van der Waals surface area contributed by atoms with Crippen LogP contribution in [0.15, 0.2) is 0 Å². The molecule has 0 aromatic carbocycles. The van der Waals surface area contributed by atoms with Gasteiger partial charge in [0.25, 0.3) is 0 Å². The smallest absolute Gasteiger partial charge is 0.318 e. The number of hydrogen-bond acceptors (Lipinski definition) is 2. The van der Waals surface area contributed by atoms with Crippen molar-refractivity contribution in [2.75, 3.05) is 6.16 Å². The summed E-state index contributed by atoms with van der Waals surface area (Å²) in [7, 11) is -5.19. The molecule has 0 bridgehead atoms. The molecule has 16 heavy (non-hydrogen) atoms. The lowest BCUT2D eigenvalue weighted by Gasteiger charge is -2.21. The maximum atomic E-state index is 11.7. The Morgan fingerprint density at radius 1 is 1.06 bits per heavy atom. The van der Waals surface area contributed by atoms with E-state index < -0.39 is 15.9 Å². The van der Waals surface area contributed by atoms with Gasteiger partial charge >= 0.3 is 7.60 Å². The van der Waals surface area contributed by atoms with E-state index in [0.29, 0.717) is 6.16 Å². The first kappa shape index (κ1) is 16.4. The second-order valence-electron chi connectivity index (χ2n) is 5.33. The van der Waals surface area contributed by atoms with Gasteiger partial charge in [0.05, 0.1) is 0 Å². The van der Waals surface area contributed by atoms with Crippen molar-refractivity contribution in [1.29, 1.82) is 0 Å². The van der Waals surface area contributed by atoms with E-state index in [-0.39, 0.29) is 0 Å². The summed E-state index contributed by atoms with van der Waals surface area (Å²) in [4.78, 5) is 9.62. The van der Waals surface area contributed by atoms with Crippen molar-refractivity contribution in [3.05, 3.63) is 0 Å². The lowest BCUT2D eigenvalue weighted by Crippen LogP contribution is -2.24. The van der Waals surface area contributed by atoms with E-state index in [9.17, 15) is 9.46 Å². The summed E-state index contributed by atoms with van der Waals surface area (Å²) < 4.78 is 17.0. The lowest BCUT2D eigenvalue weighted by atomic mass is 10.1. The van der Waals surface area contributed by atoms with Crippen molar-refractivity contribution < 1.29 is 13.7 Å². The summed E-state index contributed by atoms with van der Waals surface area (Å²) in [6, 6.07) is 0. The molecule has 0 saturated heterocycles. The molecule has 3 nitrogen and oxygen atoms in total. The molecule has 0 heterocycles. The van der Waals surface area contributed by atoms with Crippen LogP contribution in [0.1, 0.15) is 45.4 Å². The summed E-state index contributed by atoms with van der Waals surface area (Å²) in [6.07, 6.45) is 7.08. The molecular formula is C11H27O3PSi. The zero-order valence-corrected chi connectivity index (χ0v) is 13.1. The maximum Gasteiger partial charge on any atom is 0.318 e. The molecule has 98 valence electrons. The normalized spacial score (nSPS) is 16.1. The minimum atomic E-state index is -3.31. The molecular weight excluding hydrogens is 239 g/mol. The zero-order valence-electron chi connectivity index (χ0n) is 11.2. The molecule has 1 N–H and O–H groups in total. The standard InChI is InChI=1S/C11H27O3PSi/c1-5-6-7-8-9-10-11-15(12,13)14-16(2,3)4/h5-11H2,1-4H3,(H,12,13). The van der Waals surface area contributed by atoms with Crippen LogP contribution in [0.3, 0.4) is 0 Å². The first-order valence-corrected chi connectivity index (χ1v) is 11.5. The molecule has 1 unspecified atom stereocenters. The maximum absolute atomic E-state index is 11.7. The van der Waals surface area contributed by atoms with Crippen molar-refractivity contribution >= 4 is 15.9 Å². The van der Waals surface area contributed by atoms with Crippen LogP contribution >= 0.6 is 7.60 Å². The molecule has 0 saturated carbocycles. The fraction of sp³-hybridized carbons (Fsp3) is 1.00. The van der Waals surface area contributed by atoms with E-state index in [4.69, 9.17) is 4.21 Å². The van der Waals surface area contributed by atoms with Gasteiger partial charge in [-0.3, -0.25) is 4.57 Å². The molecule has 0 spiro atoms. The van der Waals surface area contributed by atoms with Gasteiger partial charge in [-0.25, -0.2) is 0 Å². The molecule has 0 amide bonds. The van der Waals surface area contributed by atoms with E-state index in [1.54, 1.807) is 0 Å². The Balaban J connectivity index is 3.63. The Bertz CT molecular complexity index is 226. The van der Waals surface area contributed by atoms with E-state index in [2.05, 4.69) is 6.92 Å². The van der Waals surface area contributed by atoms with Crippen LogP contribution in [0, 0.1) is 0 Å². The predicted octanol–water partition coefficient (Wildman–Crippen LogP) is 4.38. The third-order valence-electron chi connectivity index (χ3n) is 2.21. The fourth-order valence-corrected chi connectivity index (χ4v) is 5.98. The third-order valence-corrected chi connectivity index (χ3v) is 6.42. The molecule has 0 aliphatic rings. The number of unbranched alkanes of at least 4 members (excludes halogenated alkanes) is 5. The van der Waals surface area contributed by atoms with Gasteiger partial charge in [0.1, 0.15) is 0 Å². The van der Waals surface area contributed by atoms with Gasteiger partial charge in [0.15, 0.2) is 8.32 Å². The van der Waals surface area contributed by atoms with Crippen LogP contribution in [0.25, 0.3) is 0 Å². The minimum absolute atomic E-state index is 0.323. The Labute approximate surface area is 101 Å². The average Bonchev–Trinajstić information content (AvgIpc) is 2.06. The fourth-order valence-electron chi connectivity index (χ4n) is 1.57. The molecule has 0 aromatic rings. The Morgan fingerprint density at radius 2 is 1.56 bits per heavy atom. The average molecular weight is 266 g/mol. The van der Waals surface area contributed by atoms with Gasteiger partial charge in [0, 0.05) is 6.16 Å². The monoisotopic (exact) mass is 266 g/mol. The Kier molecular flexibility index (Phi) is 7.82. The van der Waals surface area contributed by atoms with Crippen LogP contribution in [0.5, 0.6) is 0 Å². The van der Waals surface area contributed by atoms with Gasteiger partial charge in [0.2, 0.25) is 0 Å². The Morgan fingerprint density at radius 3 is 2.06 bits per heavy atom. The second kappa shape index (κ2) is 7.65. The van der Waals surface area contributed by atoms with Gasteiger partial charge in [-0.15, -0.1) is 0 Å². The number of hydrogen-bond donors (Lipinski definition) is 1. The van der Waals surface area contributed by atoms with Crippen LogP contribution in [-0.4, -0.2) is 19.4 Å². The summed E-state index contributed by atoms with van der Waals surface area (Å²) in [5, 5.41) is 0. The molecule has 0 aliphatic heterocycles. The minimum Gasteiger partial charge on any atom is -0.351 e. The molecule has 0 aromatic heterocycles. The van der Waals surface area contributed by atoms with Crippen LogP contribution < -0.4 is 0 Å². The highest BCUT2D eigenvalue weighted by molar-refractivity contribution is 7.54. The Hall–Kier alpha value is 0.367. The summed E-state index contributed by atoms with van der Waals surface area (Å²) in [5.41, 5.74) is 0. The van der Waals surface area contributed by atoms with Gasteiger partial charge < -0.3 is 9.11 Å². The highest BCUT2D eigenvalue weighted by atomic mass is 31.2. The lowest BCUT2D eigenvalue weighted by molar-refractivity contribution is 0.375. The van der Waals surface area contributed by atoms with E-state index >= 15 is 0 Å². The van der Waals surface area contributed by atoms with Crippen molar-refractivity contribution in [3.8, 4) is 0 Å². The second-order valence-corrected chi connectivity index (χ2v) is 12.0. The van der Waals surface area contributed by atoms with E-state index in [1.165, 1.54) is 25.7 Å². The molecule has 0 fully saturated rings.